The van der Waals surface area contributed by atoms with Crippen molar-refractivity contribution in [3.05, 3.63) is 95.1 Å². The molecule has 0 saturated carbocycles. The van der Waals surface area contributed by atoms with Gasteiger partial charge in [-0.2, -0.15) is 0 Å². The Bertz CT molecular complexity index is 1220. The van der Waals surface area contributed by atoms with Crippen LogP contribution in [0, 0.1) is 0 Å². The van der Waals surface area contributed by atoms with Crippen LogP contribution in [0.1, 0.15) is 27.0 Å². The fourth-order valence-corrected chi connectivity index (χ4v) is 3.87. The Morgan fingerprint density at radius 3 is 2.41 bits per heavy atom. The molecule has 0 fully saturated rings. The van der Waals surface area contributed by atoms with E-state index < -0.39 is 5.97 Å². The van der Waals surface area contributed by atoms with Crippen LogP contribution in [0.15, 0.2) is 72.8 Å². The number of amides is 1. The predicted molar refractivity (Wildman–Crippen MR) is 135 cm³/mol. The van der Waals surface area contributed by atoms with Crippen molar-refractivity contribution in [2.24, 2.45) is 5.73 Å². The smallest absolute Gasteiger partial charge is 0.338 e. The molecule has 4 rings (SSSR count). The van der Waals surface area contributed by atoms with Crippen LogP contribution in [0.4, 0.5) is 11.4 Å². The first-order valence-corrected chi connectivity index (χ1v) is 11.1. The van der Waals surface area contributed by atoms with Gasteiger partial charge in [-0.15, -0.1) is 0 Å². The molecule has 0 radical (unpaired) electrons. The molecular formula is C27H28N4O3. The van der Waals surface area contributed by atoms with Gasteiger partial charge in [0.2, 0.25) is 0 Å². The molecule has 1 aliphatic heterocycles. The molecule has 1 heterocycles. The molecule has 174 valence electrons. The highest BCUT2D eigenvalue weighted by atomic mass is 16.5. The highest BCUT2D eigenvalue weighted by molar-refractivity contribution is 6.37. The molecule has 1 amide bonds. The minimum atomic E-state index is -0.473. The fourth-order valence-electron chi connectivity index (χ4n) is 3.87. The lowest BCUT2D eigenvalue weighted by molar-refractivity contribution is -0.110. The van der Waals surface area contributed by atoms with E-state index >= 15 is 0 Å². The predicted octanol–water partition coefficient (Wildman–Crippen LogP) is 3.80. The topological polar surface area (TPSA) is 96.7 Å². The van der Waals surface area contributed by atoms with Gasteiger partial charge in [0.1, 0.15) is 6.61 Å². The van der Waals surface area contributed by atoms with Crippen molar-refractivity contribution in [2.45, 2.75) is 6.54 Å². The quantitative estimate of drug-likeness (QED) is 0.353. The van der Waals surface area contributed by atoms with Gasteiger partial charge < -0.3 is 26.0 Å². The zero-order valence-electron chi connectivity index (χ0n) is 19.3. The molecule has 0 aliphatic carbocycles. The Morgan fingerprint density at radius 1 is 1.00 bits per heavy atom. The lowest BCUT2D eigenvalue weighted by Gasteiger charge is -2.16. The Balaban J connectivity index is 1.73. The highest BCUT2D eigenvalue weighted by Gasteiger charge is 2.29. The molecule has 0 saturated heterocycles. The number of carbonyl (C=O) groups excluding carboxylic acids is 2. The largest absolute Gasteiger partial charge is 0.461 e. The second-order valence-electron chi connectivity index (χ2n) is 8.31. The molecule has 7 heteroatoms. The van der Waals surface area contributed by atoms with Crippen LogP contribution in [-0.4, -0.2) is 44.0 Å². The maximum Gasteiger partial charge on any atom is 0.338 e. The molecule has 0 bridgehead atoms. The van der Waals surface area contributed by atoms with Gasteiger partial charge in [-0.1, -0.05) is 48.5 Å². The number of nitrogens with zero attached hydrogens (tertiary/aromatic N) is 1. The average molecular weight is 457 g/mol. The van der Waals surface area contributed by atoms with E-state index in [1.807, 2.05) is 56.6 Å². The van der Waals surface area contributed by atoms with E-state index in [4.69, 9.17) is 10.5 Å². The maximum atomic E-state index is 13.1. The van der Waals surface area contributed by atoms with Gasteiger partial charge in [-0.05, 0) is 49.5 Å². The minimum Gasteiger partial charge on any atom is -0.461 e. The van der Waals surface area contributed by atoms with Crippen LogP contribution in [0.5, 0.6) is 0 Å². The first-order valence-electron chi connectivity index (χ1n) is 11.1. The van der Waals surface area contributed by atoms with Crippen molar-refractivity contribution in [1.82, 2.24) is 4.90 Å². The van der Waals surface area contributed by atoms with Gasteiger partial charge >= 0.3 is 5.97 Å². The summed E-state index contributed by atoms with van der Waals surface area (Å²) in [5.41, 5.74) is 11.2. The van der Waals surface area contributed by atoms with Gasteiger partial charge in [0.05, 0.1) is 22.5 Å². The summed E-state index contributed by atoms with van der Waals surface area (Å²) in [5, 5.41) is 6.34. The lowest BCUT2D eigenvalue weighted by Crippen LogP contribution is -2.13. The molecule has 0 unspecified atom stereocenters. The Hall–Kier alpha value is -3.94. The maximum absolute atomic E-state index is 13.1. The van der Waals surface area contributed by atoms with E-state index in [9.17, 15) is 9.59 Å². The average Bonchev–Trinajstić information content (AvgIpc) is 3.17. The molecule has 3 aromatic carbocycles. The number of esters is 1. The number of carbonyl (C=O) groups is 2. The summed E-state index contributed by atoms with van der Waals surface area (Å²) in [6, 6.07) is 22.9. The summed E-state index contributed by atoms with van der Waals surface area (Å²) in [6.45, 7) is 1.24. The zero-order valence-corrected chi connectivity index (χ0v) is 19.3. The van der Waals surface area contributed by atoms with Gasteiger partial charge in [0.25, 0.3) is 5.91 Å². The number of rotatable bonds is 8. The van der Waals surface area contributed by atoms with Crippen molar-refractivity contribution in [3.63, 3.8) is 0 Å². The molecule has 7 nitrogen and oxygen atoms in total. The van der Waals surface area contributed by atoms with Crippen molar-refractivity contribution >= 4 is 34.5 Å². The number of nitrogens with one attached hydrogen (secondary N) is 2. The third kappa shape index (κ3) is 5.17. The number of benzene rings is 3. The molecule has 1 aliphatic rings. The number of hydrogen-bond donors (Lipinski definition) is 3. The number of fused-ring (bicyclic) bond motifs is 1. The van der Waals surface area contributed by atoms with Crippen LogP contribution in [0.25, 0.3) is 11.3 Å². The Kier molecular flexibility index (Phi) is 7.06. The third-order valence-corrected chi connectivity index (χ3v) is 5.39. The summed E-state index contributed by atoms with van der Waals surface area (Å²) in [6.07, 6.45) is 0. The molecule has 3 aromatic rings. The number of nitrogens with two attached hydrogens (primary N) is 1. The minimum absolute atomic E-state index is 0.142. The van der Waals surface area contributed by atoms with Crippen LogP contribution in [-0.2, 0) is 16.1 Å². The Labute approximate surface area is 199 Å². The van der Waals surface area contributed by atoms with E-state index in [1.54, 1.807) is 18.2 Å². The fraction of sp³-hybridized carbons (Fsp3) is 0.185. The first-order chi connectivity index (χ1) is 16.5. The van der Waals surface area contributed by atoms with Crippen molar-refractivity contribution < 1.29 is 14.3 Å². The zero-order chi connectivity index (χ0) is 24.1. The molecular weight excluding hydrogens is 428 g/mol. The van der Waals surface area contributed by atoms with E-state index in [0.717, 1.165) is 23.4 Å². The van der Waals surface area contributed by atoms with E-state index in [-0.39, 0.29) is 19.1 Å². The molecule has 4 N–H and O–H groups in total. The van der Waals surface area contributed by atoms with Gasteiger partial charge in [-0.3, -0.25) is 4.79 Å². The van der Waals surface area contributed by atoms with Crippen LogP contribution in [0.3, 0.4) is 0 Å². The molecule has 0 spiro atoms. The first kappa shape index (κ1) is 23.2. The van der Waals surface area contributed by atoms with E-state index in [0.29, 0.717) is 22.5 Å². The Morgan fingerprint density at radius 2 is 1.74 bits per heavy atom. The number of ether oxygens (including phenoxy) is 1. The summed E-state index contributed by atoms with van der Waals surface area (Å²) < 4.78 is 5.12. The van der Waals surface area contributed by atoms with E-state index in [1.165, 1.54) is 5.56 Å². The summed E-state index contributed by atoms with van der Waals surface area (Å²) in [5.74, 6) is -0.711. The standard InChI is InChI=1S/C27H28N4O3/c1-31(2)17-18-8-11-21(12-9-18)29-25(19-6-4-3-5-7-19)24-22-13-10-20(27(33)34-15-14-28)16-23(22)30-26(24)32/h3-13,16,29H,14-15,17,28H2,1-2H3,(H,30,32)/b25-24-. The highest BCUT2D eigenvalue weighted by Crippen LogP contribution is 2.38. The molecule has 34 heavy (non-hydrogen) atoms. The van der Waals surface area contributed by atoms with Gasteiger partial charge in [-0.25, -0.2) is 4.79 Å². The SMILES string of the molecule is CN(C)Cc1ccc(N/C(=C2\C(=O)Nc3cc(C(=O)OCCN)ccc32)c2ccccc2)cc1. The lowest BCUT2D eigenvalue weighted by atomic mass is 9.99. The van der Waals surface area contributed by atoms with Crippen LogP contribution < -0.4 is 16.4 Å². The summed E-state index contributed by atoms with van der Waals surface area (Å²) in [4.78, 5) is 27.5. The van der Waals surface area contributed by atoms with Crippen molar-refractivity contribution in [2.75, 3.05) is 37.9 Å². The van der Waals surface area contributed by atoms with Gasteiger partial charge in [0.15, 0.2) is 0 Å². The van der Waals surface area contributed by atoms with Crippen molar-refractivity contribution in [3.8, 4) is 0 Å². The molecule has 0 aromatic heterocycles. The van der Waals surface area contributed by atoms with Crippen LogP contribution in [0.2, 0.25) is 0 Å². The van der Waals surface area contributed by atoms with Crippen molar-refractivity contribution in [1.29, 1.82) is 0 Å². The monoisotopic (exact) mass is 456 g/mol. The number of hydrogen-bond acceptors (Lipinski definition) is 6. The number of anilines is 2. The van der Waals surface area contributed by atoms with Gasteiger partial charge in [0, 0.05) is 24.3 Å². The van der Waals surface area contributed by atoms with Crippen LogP contribution >= 0.6 is 0 Å². The third-order valence-electron chi connectivity index (χ3n) is 5.39. The normalized spacial score (nSPS) is 13.9. The second kappa shape index (κ2) is 10.3. The van der Waals surface area contributed by atoms with E-state index in [2.05, 4.69) is 27.7 Å². The molecule has 0 atom stereocenters. The summed E-state index contributed by atoms with van der Waals surface area (Å²) in [7, 11) is 4.06. The summed E-state index contributed by atoms with van der Waals surface area (Å²) >= 11 is 0. The second-order valence-corrected chi connectivity index (χ2v) is 8.31.